The fourth-order valence-corrected chi connectivity index (χ4v) is 12.1. The van der Waals surface area contributed by atoms with Crippen LogP contribution in [0, 0.1) is 51.2 Å². The first-order chi connectivity index (χ1) is 29.0. The number of imide groups is 2. The second kappa shape index (κ2) is 13.6. The zero-order valence-electron chi connectivity index (χ0n) is 34.3. The molecule has 2 saturated carbocycles. The normalized spacial score (nSPS) is 26.0. The van der Waals surface area contributed by atoms with E-state index in [1.165, 1.54) is 6.07 Å². The molecule has 5 fully saturated rings. The summed E-state index contributed by atoms with van der Waals surface area (Å²) in [7, 11) is 0. The van der Waals surface area contributed by atoms with Gasteiger partial charge in [-0.2, -0.15) is 5.26 Å². The van der Waals surface area contributed by atoms with E-state index in [-0.39, 0.29) is 69.9 Å². The van der Waals surface area contributed by atoms with Crippen LogP contribution >= 0.6 is 11.6 Å². The van der Waals surface area contributed by atoms with Crippen LogP contribution in [0.15, 0.2) is 48.5 Å². The molecule has 0 aromatic heterocycles. The first-order valence-electron chi connectivity index (χ1n) is 20.8. The first kappa shape index (κ1) is 39.4. The number of nitrogens with zero attached hydrogens (tertiary/aromatic N) is 5. The minimum absolute atomic E-state index is 0.0172. The highest BCUT2D eigenvalue weighted by Gasteiger charge is 2.67. The molecule has 7 aliphatic rings. The lowest BCUT2D eigenvalue weighted by Gasteiger charge is -2.65. The van der Waals surface area contributed by atoms with E-state index in [1.54, 1.807) is 18.2 Å². The van der Waals surface area contributed by atoms with Crippen LogP contribution in [0.5, 0.6) is 5.75 Å². The van der Waals surface area contributed by atoms with Gasteiger partial charge in [0, 0.05) is 90.6 Å². The van der Waals surface area contributed by atoms with Gasteiger partial charge >= 0.3 is 0 Å². The topological polar surface area (TPSA) is 143 Å². The maximum absolute atomic E-state index is 15.4. The molecule has 1 unspecified atom stereocenters. The Morgan fingerprint density at radius 2 is 1.59 bits per heavy atom. The predicted molar refractivity (Wildman–Crippen MR) is 221 cm³/mol. The Labute approximate surface area is 357 Å². The van der Waals surface area contributed by atoms with Crippen molar-refractivity contribution in [2.24, 2.45) is 22.2 Å². The van der Waals surface area contributed by atoms with Gasteiger partial charge in [0.25, 0.3) is 17.7 Å². The smallest absolute Gasteiger partial charge is 0.262 e. The fourth-order valence-electron chi connectivity index (χ4n) is 11.8. The summed E-state index contributed by atoms with van der Waals surface area (Å²) >= 11 is 6.29. The second-order valence-electron chi connectivity index (χ2n) is 19.2. The number of benzene rings is 3. The van der Waals surface area contributed by atoms with Gasteiger partial charge in [-0.1, -0.05) is 51.1 Å². The van der Waals surface area contributed by atoms with Crippen LogP contribution in [-0.4, -0.2) is 94.6 Å². The summed E-state index contributed by atoms with van der Waals surface area (Å²) in [5.74, 6) is 4.61. The van der Waals surface area contributed by atoms with Gasteiger partial charge in [0.15, 0.2) is 0 Å². The average Bonchev–Trinajstić information content (AvgIpc) is 3.59. The summed E-state index contributed by atoms with van der Waals surface area (Å²) in [4.78, 5) is 71.5. The maximum Gasteiger partial charge on any atom is 0.262 e. The molecular weight excluding hydrogens is 799 g/mol. The van der Waals surface area contributed by atoms with Crippen molar-refractivity contribution in [1.29, 1.82) is 5.26 Å². The van der Waals surface area contributed by atoms with Crippen molar-refractivity contribution >= 4 is 46.8 Å². The number of rotatable bonds is 6. The Kier molecular flexibility index (Phi) is 8.79. The predicted octanol–water partition coefficient (Wildman–Crippen LogP) is 5.54. The second-order valence-corrected chi connectivity index (χ2v) is 19.6. The van der Waals surface area contributed by atoms with Crippen molar-refractivity contribution < 1.29 is 33.1 Å². The van der Waals surface area contributed by atoms with Gasteiger partial charge in [0.1, 0.15) is 29.8 Å². The summed E-state index contributed by atoms with van der Waals surface area (Å²) in [6, 6.07) is 14.9. The number of nitriles is 1. The summed E-state index contributed by atoms with van der Waals surface area (Å²) in [6.45, 7) is 12.1. The Morgan fingerprint density at radius 1 is 0.885 bits per heavy atom. The van der Waals surface area contributed by atoms with Crippen molar-refractivity contribution in [3.63, 3.8) is 0 Å². The van der Waals surface area contributed by atoms with Crippen LogP contribution in [-0.2, 0) is 16.1 Å². The molecular formula is C47H44ClFN6O6. The first-order valence-corrected chi connectivity index (χ1v) is 21.2. The number of hydrogen-bond acceptors (Lipinski definition) is 9. The van der Waals surface area contributed by atoms with Crippen molar-refractivity contribution in [2.75, 3.05) is 31.1 Å². The number of amides is 5. The van der Waals surface area contributed by atoms with E-state index in [0.29, 0.717) is 47.6 Å². The molecule has 1 spiro atoms. The highest BCUT2D eigenvalue weighted by Crippen LogP contribution is 2.59. The van der Waals surface area contributed by atoms with Crippen LogP contribution in [0.2, 0.25) is 5.02 Å². The van der Waals surface area contributed by atoms with Crippen molar-refractivity contribution in [2.45, 2.75) is 84.2 Å². The molecule has 0 bridgehead atoms. The molecule has 1 atom stereocenters. The van der Waals surface area contributed by atoms with Gasteiger partial charge in [-0.25, -0.2) is 4.39 Å². The highest BCUT2D eigenvalue weighted by molar-refractivity contribution is 6.31. The number of anilines is 1. The molecule has 5 amide bonds. The van der Waals surface area contributed by atoms with Gasteiger partial charge in [-0.15, -0.1) is 0 Å². The summed E-state index contributed by atoms with van der Waals surface area (Å²) < 4.78 is 21.9. The average molecular weight is 843 g/mol. The Morgan fingerprint density at radius 3 is 2.26 bits per heavy atom. The third-order valence-corrected chi connectivity index (χ3v) is 14.7. The van der Waals surface area contributed by atoms with E-state index in [4.69, 9.17) is 16.3 Å². The number of nitrogens with one attached hydrogen (secondary N) is 1. The van der Waals surface area contributed by atoms with Crippen LogP contribution in [0.3, 0.4) is 0 Å². The summed E-state index contributed by atoms with van der Waals surface area (Å²) in [5, 5.41) is 11.8. The lowest BCUT2D eigenvalue weighted by Crippen LogP contribution is -2.74. The number of carbonyl (C=O) groups excluding carboxylic acids is 5. The molecule has 61 heavy (non-hydrogen) atoms. The quantitative estimate of drug-likeness (QED) is 0.250. The largest absolute Gasteiger partial charge is 0.489 e. The number of piperidine rings is 1. The molecule has 0 radical (unpaired) electrons. The number of halogens is 2. The van der Waals surface area contributed by atoms with E-state index in [9.17, 15) is 29.2 Å². The van der Waals surface area contributed by atoms with Crippen LogP contribution < -0.4 is 15.0 Å². The number of likely N-dealkylation sites (tertiary alicyclic amines) is 1. The zero-order chi connectivity index (χ0) is 42.9. The molecule has 1 N–H and O–H groups in total. The highest BCUT2D eigenvalue weighted by atomic mass is 35.5. The minimum Gasteiger partial charge on any atom is -0.489 e. The van der Waals surface area contributed by atoms with Gasteiger partial charge in [-0.3, -0.25) is 39.1 Å². The molecule has 10 rings (SSSR count). The molecule has 14 heteroatoms. The molecule has 5 heterocycles. The fraction of sp³-hybridized carbons (Fsp3) is 0.447. The number of hydrogen-bond donors (Lipinski definition) is 1. The monoisotopic (exact) mass is 842 g/mol. The zero-order valence-corrected chi connectivity index (χ0v) is 35.1. The SMILES string of the molecule is CC1(C)[C@H](Oc2ccc(C#N)c(Cl)c2)C(C)(C)[C@H]1N1Cc2cc(C#CC3CN(C4CC5(C4)CN(c4cc6c(cc4F)C(=O)N(C4CCC(=O)NC4=O)C6=O)C5)C3)ccc2C1=O. The van der Waals surface area contributed by atoms with Gasteiger partial charge < -0.3 is 14.5 Å². The summed E-state index contributed by atoms with van der Waals surface area (Å²) in [6.07, 6.45) is 1.87. The van der Waals surface area contributed by atoms with Gasteiger partial charge in [0.05, 0.1) is 27.4 Å². The Hall–Kier alpha value is -5.76. The number of carbonyl (C=O) groups is 5. The van der Waals surface area contributed by atoms with Crippen molar-refractivity contribution in [1.82, 2.24) is 20.0 Å². The Bertz CT molecular complexity index is 2590. The molecule has 2 aliphatic carbocycles. The van der Waals surface area contributed by atoms with Crippen molar-refractivity contribution in [3.8, 4) is 23.7 Å². The van der Waals surface area contributed by atoms with Gasteiger partial charge in [-0.05, 0) is 67.3 Å². The Balaban J connectivity index is 0.716. The lowest BCUT2D eigenvalue weighted by molar-refractivity contribution is -0.199. The summed E-state index contributed by atoms with van der Waals surface area (Å²) in [5.41, 5.74) is 2.65. The van der Waals surface area contributed by atoms with E-state index >= 15 is 4.39 Å². The molecule has 3 aromatic rings. The maximum atomic E-state index is 15.4. The van der Waals surface area contributed by atoms with E-state index in [1.807, 2.05) is 28.0 Å². The van der Waals surface area contributed by atoms with Gasteiger partial charge in [0.2, 0.25) is 11.8 Å². The molecule has 12 nitrogen and oxygen atoms in total. The number of ether oxygens (including phenoxy) is 1. The molecule has 5 aliphatic heterocycles. The van der Waals surface area contributed by atoms with Crippen LogP contribution in [0.1, 0.15) is 101 Å². The minimum atomic E-state index is -1.10. The molecule has 3 aromatic carbocycles. The molecule has 312 valence electrons. The lowest BCUT2D eigenvalue weighted by atomic mass is 9.49. The molecule has 3 saturated heterocycles. The van der Waals surface area contributed by atoms with Crippen LogP contribution in [0.25, 0.3) is 0 Å². The van der Waals surface area contributed by atoms with Crippen molar-refractivity contribution in [3.05, 3.63) is 92.8 Å². The van der Waals surface area contributed by atoms with Crippen LogP contribution in [0.4, 0.5) is 10.1 Å². The number of fused-ring (bicyclic) bond motifs is 2. The standard InChI is InChI=1S/C47H44ClFN6O6/c1-45(2)43(46(3,4)44(45)61-30-9-8-27(19-50)34(48)14-30)54-22-28-13-25(7-10-31(28)40(54)58)5-6-26-20-52(21-26)29-17-47(18-29)23-53(24-47)37-16-33-32(15-35(37)49)41(59)55(42(33)60)36-11-12-38(56)51-39(36)57/h7-10,13-16,26,29,36,43-44H,11-12,17-18,20-24H2,1-4H3,(H,51,56,57)/t36?,43-,44-. The third kappa shape index (κ3) is 6.06. The van der Waals surface area contributed by atoms with E-state index in [0.717, 1.165) is 48.0 Å². The van der Waals surface area contributed by atoms with E-state index < -0.39 is 35.5 Å². The van der Waals surface area contributed by atoms with E-state index in [2.05, 4.69) is 55.8 Å². The third-order valence-electron chi connectivity index (χ3n) is 14.4.